The van der Waals surface area contributed by atoms with Crippen LogP contribution in [0.4, 0.5) is 17.2 Å². The molecule has 2 heterocycles. The van der Waals surface area contributed by atoms with E-state index in [0.29, 0.717) is 47.7 Å². The van der Waals surface area contributed by atoms with E-state index in [1.165, 1.54) is 12.4 Å². The minimum absolute atomic E-state index is 0.142. The monoisotopic (exact) mass is 458 g/mol. The quantitative estimate of drug-likeness (QED) is 0.394. The Morgan fingerprint density at radius 2 is 2.26 bits per heavy atom. The van der Waals surface area contributed by atoms with Crippen molar-refractivity contribution in [3.05, 3.63) is 60.4 Å². The molecular weight excluding hydrogens is 430 g/mol. The summed E-state index contributed by atoms with van der Waals surface area (Å²) in [6.07, 6.45) is 9.38. The molecule has 2 aromatic carbocycles. The number of terminal acetylenes is 1. The van der Waals surface area contributed by atoms with Gasteiger partial charge < -0.3 is 25.0 Å². The third kappa shape index (κ3) is 5.90. The summed E-state index contributed by atoms with van der Waals surface area (Å²) >= 11 is 0. The highest BCUT2D eigenvalue weighted by atomic mass is 16.5. The summed E-state index contributed by atoms with van der Waals surface area (Å²) in [5.41, 5.74) is 2.51. The summed E-state index contributed by atoms with van der Waals surface area (Å²) in [5, 5.41) is 6.81. The predicted octanol–water partition coefficient (Wildman–Crippen LogP) is 3.58. The van der Waals surface area contributed by atoms with Gasteiger partial charge in [0.1, 0.15) is 24.0 Å². The normalized spacial score (nSPS) is 18.1. The number of anilines is 3. The highest BCUT2D eigenvalue weighted by molar-refractivity contribution is 6.03. The topological polar surface area (TPSA) is 88.6 Å². The molecule has 0 radical (unpaired) electrons. The first-order valence-corrected chi connectivity index (χ1v) is 10.9. The molecule has 4 rings (SSSR count). The Balaban J connectivity index is 1.71. The molecule has 0 aliphatic carbocycles. The minimum atomic E-state index is -1.24. The molecule has 1 amide bonds. The summed E-state index contributed by atoms with van der Waals surface area (Å²) in [7, 11) is 3.84. The molecule has 174 valence electrons. The van der Waals surface area contributed by atoms with E-state index in [2.05, 4.69) is 26.5 Å². The largest absolute Gasteiger partial charge is 0.486 e. The first kappa shape index (κ1) is 21.9. The molecule has 1 saturated heterocycles. The standard InChI is InChI=1S/C26H27N5O3/c1-4-18-7-5-8-19(13-18)29-26-21-14-23(30-25(32)9-6-11-31(2)3)24(15-22(21)27-17-28-26)34-20-10-12-33-16-20/h1,5-9,13-15,17,20H,10-12,16H2,2-3H3,(H,30,32)(H,27,28,29)/b9-6+/t20-/m0/s1/i20D. The molecule has 1 atom stereocenters. The Labute approximate surface area is 200 Å². The molecule has 1 aromatic heterocycles. The van der Waals surface area contributed by atoms with E-state index in [-0.39, 0.29) is 12.5 Å². The molecule has 0 spiro atoms. The van der Waals surface area contributed by atoms with Crippen molar-refractivity contribution in [2.75, 3.05) is 44.5 Å². The van der Waals surface area contributed by atoms with Gasteiger partial charge in [-0.25, -0.2) is 9.97 Å². The third-order valence-electron chi connectivity index (χ3n) is 5.07. The highest BCUT2D eigenvalue weighted by Crippen LogP contribution is 2.34. The van der Waals surface area contributed by atoms with Gasteiger partial charge >= 0.3 is 0 Å². The van der Waals surface area contributed by atoms with Crippen LogP contribution in [0.3, 0.4) is 0 Å². The molecule has 0 bridgehead atoms. The number of amides is 1. The van der Waals surface area contributed by atoms with Gasteiger partial charge in [0.15, 0.2) is 0 Å². The van der Waals surface area contributed by atoms with Gasteiger partial charge in [0.25, 0.3) is 0 Å². The molecule has 0 unspecified atom stereocenters. The van der Waals surface area contributed by atoms with Crippen molar-refractivity contribution >= 4 is 34.0 Å². The lowest BCUT2D eigenvalue weighted by atomic mass is 10.1. The van der Waals surface area contributed by atoms with Gasteiger partial charge in [-0.1, -0.05) is 18.1 Å². The Hall–Kier alpha value is -3.93. The Kier molecular flexibility index (Phi) is 6.95. The number of hydrogen-bond donors (Lipinski definition) is 2. The number of likely N-dealkylation sites (N-methyl/N-ethyl adjacent to an activating group) is 1. The fourth-order valence-electron chi connectivity index (χ4n) is 3.41. The van der Waals surface area contributed by atoms with Crippen LogP contribution in [0.2, 0.25) is 0 Å². The van der Waals surface area contributed by atoms with E-state index in [4.69, 9.17) is 17.3 Å². The molecular formula is C26H27N5O3. The van der Waals surface area contributed by atoms with Crippen LogP contribution in [-0.4, -0.2) is 60.7 Å². The first-order chi connectivity index (χ1) is 16.8. The number of carbonyl (C=O) groups is 1. The number of nitrogens with one attached hydrogen (secondary N) is 2. The molecule has 1 aliphatic rings. The Morgan fingerprint density at radius 3 is 3.03 bits per heavy atom. The number of ether oxygens (including phenoxy) is 2. The highest BCUT2D eigenvalue weighted by Gasteiger charge is 2.20. The number of benzene rings is 2. The first-order valence-electron chi connectivity index (χ1n) is 11.4. The van der Waals surface area contributed by atoms with Crippen LogP contribution in [0, 0.1) is 12.3 Å². The number of rotatable bonds is 8. The van der Waals surface area contributed by atoms with Crippen LogP contribution in [0.25, 0.3) is 10.9 Å². The van der Waals surface area contributed by atoms with Crippen molar-refractivity contribution in [1.82, 2.24) is 14.9 Å². The molecule has 1 fully saturated rings. The second-order valence-corrected chi connectivity index (χ2v) is 8.04. The van der Waals surface area contributed by atoms with E-state index in [9.17, 15) is 4.79 Å². The maximum atomic E-state index is 12.6. The van der Waals surface area contributed by atoms with E-state index < -0.39 is 6.08 Å². The van der Waals surface area contributed by atoms with Crippen molar-refractivity contribution in [2.45, 2.75) is 12.5 Å². The lowest BCUT2D eigenvalue weighted by Gasteiger charge is -2.17. The zero-order chi connectivity index (χ0) is 24.8. The summed E-state index contributed by atoms with van der Waals surface area (Å²) in [5.74, 6) is 3.18. The Morgan fingerprint density at radius 1 is 1.38 bits per heavy atom. The van der Waals surface area contributed by atoms with Crippen molar-refractivity contribution < 1.29 is 15.6 Å². The van der Waals surface area contributed by atoms with Crippen LogP contribution in [0.15, 0.2) is 54.9 Å². The van der Waals surface area contributed by atoms with Crippen molar-refractivity contribution in [2.24, 2.45) is 0 Å². The number of hydrogen-bond acceptors (Lipinski definition) is 7. The van der Waals surface area contributed by atoms with Crippen LogP contribution in [0.1, 0.15) is 13.4 Å². The molecule has 8 heteroatoms. The van der Waals surface area contributed by atoms with Gasteiger partial charge in [0.2, 0.25) is 5.91 Å². The van der Waals surface area contributed by atoms with E-state index in [1.54, 1.807) is 18.2 Å². The number of aromatic nitrogens is 2. The van der Waals surface area contributed by atoms with Crippen LogP contribution < -0.4 is 15.4 Å². The van der Waals surface area contributed by atoms with E-state index in [1.807, 2.05) is 43.3 Å². The zero-order valence-electron chi connectivity index (χ0n) is 20.2. The average Bonchev–Trinajstić information content (AvgIpc) is 3.25. The summed E-state index contributed by atoms with van der Waals surface area (Å²) in [4.78, 5) is 23.3. The third-order valence-corrected chi connectivity index (χ3v) is 5.07. The molecule has 1 aliphatic heterocycles. The molecule has 3 aromatic rings. The second kappa shape index (κ2) is 10.8. The fourth-order valence-corrected chi connectivity index (χ4v) is 3.41. The number of fused-ring (bicyclic) bond motifs is 1. The lowest BCUT2D eigenvalue weighted by Crippen LogP contribution is -2.18. The molecule has 0 saturated carbocycles. The van der Waals surface area contributed by atoms with Gasteiger partial charge in [-0.2, -0.15) is 0 Å². The predicted molar refractivity (Wildman–Crippen MR) is 133 cm³/mol. The summed E-state index contributed by atoms with van der Waals surface area (Å²) in [6, 6.07) is 10.9. The van der Waals surface area contributed by atoms with Crippen LogP contribution in [-0.2, 0) is 9.53 Å². The number of carbonyl (C=O) groups excluding carboxylic acids is 1. The van der Waals surface area contributed by atoms with E-state index in [0.717, 1.165) is 11.3 Å². The summed E-state index contributed by atoms with van der Waals surface area (Å²) < 4.78 is 19.9. The van der Waals surface area contributed by atoms with E-state index >= 15 is 0 Å². The maximum absolute atomic E-state index is 12.6. The van der Waals surface area contributed by atoms with Gasteiger partial charge in [0, 0.05) is 41.7 Å². The molecule has 8 nitrogen and oxygen atoms in total. The Bertz CT molecular complexity index is 1300. The molecule has 34 heavy (non-hydrogen) atoms. The van der Waals surface area contributed by atoms with Gasteiger partial charge in [-0.05, 0) is 38.4 Å². The van der Waals surface area contributed by atoms with Gasteiger partial charge in [-0.3, -0.25) is 4.79 Å². The molecule has 2 N–H and O–H groups in total. The van der Waals surface area contributed by atoms with Crippen LogP contribution >= 0.6 is 0 Å². The second-order valence-electron chi connectivity index (χ2n) is 8.04. The maximum Gasteiger partial charge on any atom is 0.248 e. The van der Waals surface area contributed by atoms with Crippen molar-refractivity contribution in [1.29, 1.82) is 0 Å². The van der Waals surface area contributed by atoms with Gasteiger partial charge in [0.05, 0.1) is 25.8 Å². The van der Waals surface area contributed by atoms with Crippen LogP contribution in [0.5, 0.6) is 5.75 Å². The van der Waals surface area contributed by atoms with Crippen molar-refractivity contribution in [3.63, 3.8) is 0 Å². The number of nitrogens with zero attached hydrogens (tertiary/aromatic N) is 3. The SMILES string of the molecule is [2H][C@]1(Oc2cc3ncnc(Nc4cccc(C#C)c4)c3cc2NC(=O)/C=C/CN(C)C)CCOC1. The lowest BCUT2D eigenvalue weighted by molar-refractivity contribution is -0.111. The fraction of sp³-hybridized carbons (Fsp3) is 0.269. The average molecular weight is 459 g/mol. The zero-order valence-corrected chi connectivity index (χ0v) is 19.2. The summed E-state index contributed by atoms with van der Waals surface area (Å²) in [6.45, 7) is 1.21. The van der Waals surface area contributed by atoms with Gasteiger partial charge in [-0.15, -0.1) is 6.42 Å². The smallest absolute Gasteiger partial charge is 0.248 e. The van der Waals surface area contributed by atoms with Crippen molar-refractivity contribution in [3.8, 4) is 18.1 Å². The minimum Gasteiger partial charge on any atom is -0.486 e.